The molecular formula is C28H26Br2N8O2. The molecular weight excluding hydrogens is 640 g/mol. The molecule has 2 atom stereocenters. The smallest absolute Gasteiger partial charge is 0.231 e. The Morgan fingerprint density at radius 2 is 1.15 bits per heavy atom. The van der Waals surface area contributed by atoms with Crippen LogP contribution in [0.25, 0.3) is 0 Å². The molecule has 1 fully saturated rings. The van der Waals surface area contributed by atoms with Gasteiger partial charge in [0.05, 0.1) is 35.6 Å². The van der Waals surface area contributed by atoms with E-state index in [4.69, 9.17) is 0 Å². The summed E-state index contributed by atoms with van der Waals surface area (Å²) in [5.74, 6) is 0.897. The highest BCUT2D eigenvalue weighted by atomic mass is 79.9. The van der Waals surface area contributed by atoms with E-state index >= 15 is 0 Å². The molecule has 0 spiro atoms. The average molecular weight is 666 g/mol. The summed E-state index contributed by atoms with van der Waals surface area (Å²) < 4.78 is 1.37. The van der Waals surface area contributed by atoms with Crippen LogP contribution in [-0.2, 0) is 22.4 Å². The summed E-state index contributed by atoms with van der Waals surface area (Å²) in [4.78, 5) is 33.3. The Morgan fingerprint density at radius 1 is 0.675 bits per heavy atom. The molecule has 4 aromatic rings. The van der Waals surface area contributed by atoms with Gasteiger partial charge in [0, 0.05) is 11.8 Å². The first kappa shape index (κ1) is 27.9. The Kier molecular flexibility index (Phi) is 9.17. The maximum Gasteiger partial charge on any atom is 0.231 e. The van der Waals surface area contributed by atoms with Gasteiger partial charge in [-0.25, -0.2) is 9.97 Å². The summed E-state index contributed by atoms with van der Waals surface area (Å²) in [6.07, 6.45) is 4.24. The molecule has 2 amide bonds. The molecule has 0 aromatic carbocycles. The van der Waals surface area contributed by atoms with E-state index in [2.05, 4.69) is 72.9 Å². The molecule has 2 unspecified atom stereocenters. The molecule has 12 heteroatoms. The van der Waals surface area contributed by atoms with Gasteiger partial charge in [0.1, 0.15) is 9.21 Å². The number of nitrogens with zero attached hydrogens (tertiary/aromatic N) is 6. The Hall–Kier alpha value is -3.64. The standard InChI is InChI=1S/C28H26Br2N8O2/c29-23-8-2-6-19(31-23)15-27(39)33-25-12-10-21(35-37-25)17-4-1-5-18(14-17)22-11-13-26(38-36-22)34-28(40)16-20-7-3-9-24(30)32-20/h2-3,6-13,17-18H,1,4-5,14-16H2,(H,33,37,39)(H,34,38,40). The van der Waals surface area contributed by atoms with Gasteiger partial charge in [-0.1, -0.05) is 18.6 Å². The maximum atomic E-state index is 12.4. The van der Waals surface area contributed by atoms with Crippen LogP contribution in [0.5, 0.6) is 0 Å². The van der Waals surface area contributed by atoms with Crippen molar-refractivity contribution < 1.29 is 9.59 Å². The third-order valence-electron chi connectivity index (χ3n) is 6.64. The van der Waals surface area contributed by atoms with Gasteiger partial charge in [-0.2, -0.15) is 10.2 Å². The van der Waals surface area contributed by atoms with Crippen molar-refractivity contribution in [2.75, 3.05) is 10.6 Å². The van der Waals surface area contributed by atoms with Crippen molar-refractivity contribution in [2.45, 2.75) is 50.4 Å². The molecule has 10 nitrogen and oxygen atoms in total. The van der Waals surface area contributed by atoms with Crippen molar-refractivity contribution in [3.05, 3.63) is 92.6 Å². The average Bonchev–Trinajstić information content (AvgIpc) is 2.94. The van der Waals surface area contributed by atoms with E-state index in [0.29, 0.717) is 32.2 Å². The van der Waals surface area contributed by atoms with Crippen LogP contribution < -0.4 is 10.6 Å². The van der Waals surface area contributed by atoms with Crippen LogP contribution in [0.4, 0.5) is 11.6 Å². The fourth-order valence-corrected chi connectivity index (χ4v) is 5.54. The summed E-state index contributed by atoms with van der Waals surface area (Å²) in [7, 11) is 0. The first-order valence-corrected chi connectivity index (χ1v) is 14.5. The van der Waals surface area contributed by atoms with Crippen molar-refractivity contribution in [2.24, 2.45) is 0 Å². The molecule has 4 aromatic heterocycles. The summed E-state index contributed by atoms with van der Waals surface area (Å²) >= 11 is 6.63. The van der Waals surface area contributed by atoms with E-state index in [1.54, 1.807) is 24.3 Å². The molecule has 4 heterocycles. The van der Waals surface area contributed by atoms with Crippen molar-refractivity contribution in [1.29, 1.82) is 0 Å². The Labute approximate surface area is 248 Å². The zero-order valence-electron chi connectivity index (χ0n) is 21.4. The predicted octanol–water partition coefficient (Wildman–Crippen LogP) is 5.39. The number of rotatable bonds is 8. The van der Waals surface area contributed by atoms with Gasteiger partial charge in [0.15, 0.2) is 11.6 Å². The van der Waals surface area contributed by atoms with Crippen LogP contribution in [0.2, 0.25) is 0 Å². The Morgan fingerprint density at radius 3 is 1.55 bits per heavy atom. The molecule has 1 aliphatic carbocycles. The first-order valence-electron chi connectivity index (χ1n) is 12.9. The monoisotopic (exact) mass is 664 g/mol. The fraction of sp³-hybridized carbons (Fsp3) is 0.286. The van der Waals surface area contributed by atoms with Gasteiger partial charge in [-0.15, -0.1) is 10.2 Å². The summed E-state index contributed by atoms with van der Waals surface area (Å²) in [6.45, 7) is 0. The topological polar surface area (TPSA) is 136 Å². The van der Waals surface area contributed by atoms with E-state index in [9.17, 15) is 9.59 Å². The lowest BCUT2D eigenvalue weighted by molar-refractivity contribution is -0.116. The van der Waals surface area contributed by atoms with Crippen LogP contribution in [0, 0.1) is 0 Å². The first-order chi connectivity index (χ1) is 19.4. The highest BCUT2D eigenvalue weighted by Gasteiger charge is 2.27. The van der Waals surface area contributed by atoms with Crippen LogP contribution in [-0.4, -0.2) is 42.2 Å². The predicted molar refractivity (Wildman–Crippen MR) is 157 cm³/mol. The van der Waals surface area contributed by atoms with E-state index in [1.807, 2.05) is 36.4 Å². The second kappa shape index (κ2) is 13.1. The van der Waals surface area contributed by atoms with E-state index in [-0.39, 0.29) is 36.5 Å². The number of hydrogen-bond acceptors (Lipinski definition) is 8. The highest BCUT2D eigenvalue weighted by molar-refractivity contribution is 9.10. The molecule has 0 saturated heterocycles. The van der Waals surface area contributed by atoms with Gasteiger partial charge in [0.2, 0.25) is 11.8 Å². The molecule has 2 N–H and O–H groups in total. The van der Waals surface area contributed by atoms with E-state index in [0.717, 1.165) is 37.1 Å². The molecule has 40 heavy (non-hydrogen) atoms. The molecule has 5 rings (SSSR count). The largest absolute Gasteiger partial charge is 0.309 e. The van der Waals surface area contributed by atoms with Crippen molar-refractivity contribution in [1.82, 2.24) is 30.4 Å². The number of pyridine rings is 2. The van der Waals surface area contributed by atoms with Crippen molar-refractivity contribution >= 4 is 55.3 Å². The van der Waals surface area contributed by atoms with Crippen molar-refractivity contribution in [3.63, 3.8) is 0 Å². The summed E-state index contributed by atoms with van der Waals surface area (Å²) in [5, 5.41) is 22.9. The van der Waals surface area contributed by atoms with Crippen molar-refractivity contribution in [3.8, 4) is 0 Å². The molecule has 1 saturated carbocycles. The third kappa shape index (κ3) is 7.72. The number of hydrogen-bond donors (Lipinski definition) is 2. The molecule has 0 bridgehead atoms. The SMILES string of the molecule is O=C(Cc1cccc(Br)n1)Nc1ccc(C2CCCC(c3ccc(NC(=O)Cc4cccc(Br)n4)nn3)C2)nn1. The molecule has 204 valence electrons. The molecule has 0 radical (unpaired) electrons. The number of carbonyl (C=O) groups excluding carboxylic acids is 2. The molecule has 1 aliphatic rings. The minimum Gasteiger partial charge on any atom is -0.309 e. The van der Waals surface area contributed by atoms with Crippen LogP contribution in [0.15, 0.2) is 69.9 Å². The maximum absolute atomic E-state index is 12.4. The zero-order valence-corrected chi connectivity index (χ0v) is 24.6. The number of anilines is 2. The lowest BCUT2D eigenvalue weighted by Crippen LogP contribution is -2.19. The highest BCUT2D eigenvalue weighted by Crippen LogP contribution is 2.40. The second-order valence-corrected chi connectivity index (χ2v) is 11.2. The number of carbonyl (C=O) groups is 2. The van der Waals surface area contributed by atoms with Gasteiger partial charge >= 0.3 is 0 Å². The minimum absolute atomic E-state index is 0.152. The molecule has 0 aliphatic heterocycles. The number of nitrogens with one attached hydrogen (secondary N) is 2. The van der Waals surface area contributed by atoms with Crippen LogP contribution >= 0.6 is 31.9 Å². The number of amides is 2. The third-order valence-corrected chi connectivity index (χ3v) is 7.53. The lowest BCUT2D eigenvalue weighted by Gasteiger charge is -2.28. The minimum atomic E-state index is -0.201. The number of aromatic nitrogens is 6. The van der Waals surface area contributed by atoms with E-state index < -0.39 is 0 Å². The second-order valence-electron chi connectivity index (χ2n) is 9.60. The van der Waals surface area contributed by atoms with Gasteiger partial charge < -0.3 is 10.6 Å². The Balaban J connectivity index is 1.14. The lowest BCUT2D eigenvalue weighted by atomic mass is 9.78. The van der Waals surface area contributed by atoms with Gasteiger partial charge in [0.25, 0.3) is 0 Å². The number of halogens is 2. The van der Waals surface area contributed by atoms with Crippen LogP contribution in [0.1, 0.15) is 60.3 Å². The summed E-state index contributed by atoms with van der Waals surface area (Å²) in [5.41, 5.74) is 3.13. The normalized spacial score (nSPS) is 16.8. The van der Waals surface area contributed by atoms with E-state index in [1.165, 1.54) is 0 Å². The zero-order chi connectivity index (χ0) is 27.9. The van der Waals surface area contributed by atoms with Gasteiger partial charge in [-0.05, 0) is 99.7 Å². The fourth-order valence-electron chi connectivity index (χ4n) is 4.78. The summed E-state index contributed by atoms with van der Waals surface area (Å²) in [6, 6.07) is 18.3. The Bertz CT molecular complexity index is 1370. The van der Waals surface area contributed by atoms with Crippen LogP contribution in [0.3, 0.4) is 0 Å². The van der Waals surface area contributed by atoms with Gasteiger partial charge in [-0.3, -0.25) is 9.59 Å². The quantitative estimate of drug-likeness (QED) is 0.239.